The van der Waals surface area contributed by atoms with Crippen molar-refractivity contribution >= 4 is 23.9 Å². The molecule has 0 unspecified atom stereocenters. The Hall–Kier alpha value is -5.12. The fourth-order valence-corrected chi connectivity index (χ4v) is 4.02. The number of nitrogens with zero attached hydrogens (tertiary/aromatic N) is 3. The summed E-state index contributed by atoms with van der Waals surface area (Å²) in [6, 6.07) is 9.82. The number of carbonyl (C=O) groups is 2. The molecule has 10 heteroatoms. The van der Waals surface area contributed by atoms with E-state index in [1.807, 2.05) is 20.8 Å². The largest absolute Gasteiger partial charge is 0.478 e. The van der Waals surface area contributed by atoms with Gasteiger partial charge in [0.25, 0.3) is 11.1 Å². The third-order valence-electron chi connectivity index (χ3n) is 5.97. The molecular formula is C29H27N5O5. The van der Waals surface area contributed by atoms with Gasteiger partial charge in [0.2, 0.25) is 0 Å². The van der Waals surface area contributed by atoms with Crippen molar-refractivity contribution in [3.05, 3.63) is 127 Å². The van der Waals surface area contributed by atoms with Gasteiger partial charge >= 0.3 is 5.97 Å². The first-order valence-electron chi connectivity index (χ1n) is 12.0. The number of aromatic nitrogens is 5. The zero-order chi connectivity index (χ0) is 28.3. The minimum absolute atomic E-state index is 0.0616. The van der Waals surface area contributed by atoms with Crippen LogP contribution in [-0.4, -0.2) is 41.4 Å². The molecule has 4 aromatic rings. The van der Waals surface area contributed by atoms with Crippen molar-refractivity contribution in [2.75, 3.05) is 0 Å². The Morgan fingerprint density at radius 2 is 1.85 bits per heavy atom. The molecule has 0 spiro atoms. The van der Waals surface area contributed by atoms with Crippen LogP contribution in [0.25, 0.3) is 12.2 Å². The molecule has 0 saturated carbocycles. The van der Waals surface area contributed by atoms with E-state index < -0.39 is 23.6 Å². The number of carboxylic acid groups (broad SMARTS) is 1. The van der Waals surface area contributed by atoms with Gasteiger partial charge in [-0.3, -0.25) is 23.9 Å². The van der Waals surface area contributed by atoms with E-state index in [-0.39, 0.29) is 27.5 Å². The number of H-pyrrole nitrogens is 2. The quantitative estimate of drug-likeness (QED) is 0.244. The van der Waals surface area contributed by atoms with Gasteiger partial charge in [-0.15, -0.1) is 0 Å². The second-order valence-electron chi connectivity index (χ2n) is 9.95. The highest BCUT2D eigenvalue weighted by atomic mass is 16.4. The molecule has 0 bridgehead atoms. The number of carboxylic acids is 1. The summed E-state index contributed by atoms with van der Waals surface area (Å²) < 4.78 is 1.06. The third kappa shape index (κ3) is 5.90. The van der Waals surface area contributed by atoms with Gasteiger partial charge in [-0.2, -0.15) is 0 Å². The van der Waals surface area contributed by atoms with E-state index in [4.69, 9.17) is 0 Å². The summed E-state index contributed by atoms with van der Waals surface area (Å²) >= 11 is 0. The lowest BCUT2D eigenvalue weighted by atomic mass is 9.90. The number of hydrogen-bond donors (Lipinski definition) is 3. The number of aliphatic carboxylic acids is 1. The second-order valence-corrected chi connectivity index (χ2v) is 9.95. The number of benzene rings is 1. The van der Waals surface area contributed by atoms with E-state index in [0.29, 0.717) is 22.4 Å². The number of carbonyl (C=O) groups excluding carboxylic acids is 1. The Kier molecular flexibility index (Phi) is 7.39. The summed E-state index contributed by atoms with van der Waals surface area (Å²) in [5, 5.41) is 9.26. The summed E-state index contributed by atoms with van der Waals surface area (Å²) in [6.07, 6.45) is 7.40. The van der Waals surface area contributed by atoms with Crippen molar-refractivity contribution in [2.24, 2.45) is 0 Å². The van der Waals surface area contributed by atoms with Crippen LogP contribution in [0.4, 0.5) is 0 Å². The molecule has 0 aliphatic carbocycles. The van der Waals surface area contributed by atoms with E-state index in [1.165, 1.54) is 24.7 Å². The number of imidazole rings is 1. The Morgan fingerprint density at radius 3 is 2.51 bits per heavy atom. The second kappa shape index (κ2) is 10.7. The molecule has 0 atom stereocenters. The predicted molar refractivity (Wildman–Crippen MR) is 146 cm³/mol. The number of pyridine rings is 1. The summed E-state index contributed by atoms with van der Waals surface area (Å²) in [7, 11) is 0. The van der Waals surface area contributed by atoms with Gasteiger partial charge in [0.1, 0.15) is 10.7 Å². The molecular weight excluding hydrogens is 498 g/mol. The van der Waals surface area contributed by atoms with Crippen LogP contribution in [0.15, 0.2) is 76.9 Å². The van der Waals surface area contributed by atoms with Gasteiger partial charge in [0.05, 0.1) is 18.6 Å². The fourth-order valence-electron chi connectivity index (χ4n) is 4.02. The molecule has 0 saturated heterocycles. The molecule has 0 fully saturated rings. The molecule has 0 aliphatic rings. The Balaban J connectivity index is 1.91. The van der Waals surface area contributed by atoms with Crippen LogP contribution in [-0.2, 0) is 16.8 Å². The first-order chi connectivity index (χ1) is 18.5. The van der Waals surface area contributed by atoms with Gasteiger partial charge in [0, 0.05) is 40.2 Å². The first-order valence-corrected chi connectivity index (χ1v) is 12.0. The highest BCUT2D eigenvalue weighted by Crippen LogP contribution is 2.22. The van der Waals surface area contributed by atoms with Gasteiger partial charge in [-0.05, 0) is 35.9 Å². The zero-order valence-corrected chi connectivity index (χ0v) is 21.7. The fraction of sp³-hybridized carbons (Fsp3) is 0.172. The molecule has 3 N–H and O–H groups in total. The number of rotatable bonds is 7. The van der Waals surface area contributed by atoms with Crippen LogP contribution in [0, 0.1) is 0 Å². The van der Waals surface area contributed by atoms with E-state index >= 15 is 0 Å². The highest BCUT2D eigenvalue weighted by molar-refractivity contribution is 6.09. The number of ketones is 1. The maximum atomic E-state index is 13.5. The monoisotopic (exact) mass is 525 g/mol. The first kappa shape index (κ1) is 26.9. The SMILES string of the molecule is C=C(Cn1c(=O)/c(=C/c2nc[nH]c2C(C)(C)C)[nH]c(=O)/c1=C/c1cccc(C(=O)c2cccnc2)c1)C(=O)O. The van der Waals surface area contributed by atoms with Crippen molar-refractivity contribution in [3.63, 3.8) is 0 Å². The summed E-state index contributed by atoms with van der Waals surface area (Å²) in [5.74, 6) is -1.56. The predicted octanol–water partition coefficient (Wildman–Crippen LogP) is 1.48. The van der Waals surface area contributed by atoms with Crippen LogP contribution in [0.1, 0.15) is 53.6 Å². The number of hydrogen-bond acceptors (Lipinski definition) is 6. The highest BCUT2D eigenvalue weighted by Gasteiger charge is 2.20. The molecule has 39 heavy (non-hydrogen) atoms. The molecule has 0 aliphatic heterocycles. The maximum absolute atomic E-state index is 13.5. The van der Waals surface area contributed by atoms with Crippen LogP contribution in [0.2, 0.25) is 0 Å². The average Bonchev–Trinajstić information content (AvgIpc) is 3.38. The van der Waals surface area contributed by atoms with Crippen molar-refractivity contribution in [3.8, 4) is 0 Å². The van der Waals surface area contributed by atoms with E-state index in [9.17, 15) is 24.3 Å². The minimum Gasteiger partial charge on any atom is -0.478 e. The average molecular weight is 526 g/mol. The molecule has 3 heterocycles. The van der Waals surface area contributed by atoms with Crippen LogP contribution in [0.3, 0.4) is 0 Å². The van der Waals surface area contributed by atoms with E-state index in [0.717, 1.165) is 10.3 Å². The molecule has 10 nitrogen and oxygen atoms in total. The van der Waals surface area contributed by atoms with Crippen LogP contribution < -0.4 is 21.8 Å². The molecule has 198 valence electrons. The maximum Gasteiger partial charge on any atom is 0.332 e. The Morgan fingerprint density at radius 1 is 1.10 bits per heavy atom. The summed E-state index contributed by atoms with van der Waals surface area (Å²) in [5.41, 5.74) is 0.593. The third-order valence-corrected chi connectivity index (χ3v) is 5.97. The summed E-state index contributed by atoms with van der Waals surface area (Å²) in [4.78, 5) is 65.2. The molecule has 4 rings (SSSR count). The molecule has 0 radical (unpaired) electrons. The Labute approximate surface area is 222 Å². The topological polar surface area (TPSA) is 151 Å². The molecule has 0 amide bonds. The normalized spacial score (nSPS) is 12.5. The smallest absolute Gasteiger partial charge is 0.332 e. The summed E-state index contributed by atoms with van der Waals surface area (Å²) in [6.45, 7) is 9.02. The standard InChI is InChI=1S/C29H27N5O5/c1-17(28(38)39)15-34-23(12-18-7-5-8-19(11-18)24(35)20-9-6-10-30-14-20)26(36)33-22(27(34)37)13-21-25(29(2,3)4)32-16-31-21/h5-14,16H,1,15H2,2-4H3,(H,31,32)(H,33,36)(H,38,39)/b22-13-,23-12-. The molecule has 1 aromatic carbocycles. The van der Waals surface area contributed by atoms with Crippen molar-refractivity contribution in [1.29, 1.82) is 0 Å². The number of nitrogens with one attached hydrogen (secondary N) is 2. The van der Waals surface area contributed by atoms with Gasteiger partial charge < -0.3 is 15.1 Å². The lowest BCUT2D eigenvalue weighted by Gasteiger charge is -2.17. The lowest BCUT2D eigenvalue weighted by molar-refractivity contribution is -0.132. The van der Waals surface area contributed by atoms with E-state index in [2.05, 4.69) is 26.5 Å². The lowest BCUT2D eigenvalue weighted by Crippen LogP contribution is -2.53. The van der Waals surface area contributed by atoms with Crippen molar-refractivity contribution in [1.82, 2.24) is 24.5 Å². The number of aromatic amines is 2. The Bertz CT molecular complexity index is 1820. The van der Waals surface area contributed by atoms with Crippen molar-refractivity contribution in [2.45, 2.75) is 32.7 Å². The minimum atomic E-state index is -1.30. The van der Waals surface area contributed by atoms with Gasteiger partial charge in [-0.1, -0.05) is 45.5 Å². The van der Waals surface area contributed by atoms with Crippen LogP contribution in [0.5, 0.6) is 0 Å². The van der Waals surface area contributed by atoms with Gasteiger partial charge in [-0.25, -0.2) is 9.78 Å². The zero-order valence-electron chi connectivity index (χ0n) is 21.7. The van der Waals surface area contributed by atoms with Gasteiger partial charge in [0.15, 0.2) is 5.78 Å². The van der Waals surface area contributed by atoms with Crippen LogP contribution >= 0.6 is 0 Å². The molecule has 3 aromatic heterocycles. The van der Waals surface area contributed by atoms with Crippen molar-refractivity contribution < 1.29 is 14.7 Å². The van der Waals surface area contributed by atoms with E-state index in [1.54, 1.807) is 42.6 Å².